The molecule has 0 bridgehead atoms. The Hall–Kier alpha value is -2.38. The van der Waals surface area contributed by atoms with E-state index in [1.165, 1.54) is 12.1 Å². The van der Waals surface area contributed by atoms with Gasteiger partial charge in [-0.25, -0.2) is 9.80 Å². The summed E-state index contributed by atoms with van der Waals surface area (Å²) < 4.78 is 0. The molecule has 0 aromatic heterocycles. The van der Waals surface area contributed by atoms with Gasteiger partial charge in [-0.05, 0) is 12.1 Å². The van der Waals surface area contributed by atoms with E-state index in [-0.39, 0.29) is 31.5 Å². The van der Waals surface area contributed by atoms with Crippen LogP contribution < -0.4 is 9.80 Å². The second-order valence-electron chi connectivity index (χ2n) is 5.80. The Balaban J connectivity index is 1.91. The standard InChI is InChI=1S/C18H6Cl4N2O4/c19-11-12(20)16(26)23(15(11)25)9-5-1-3-7-8(9)4-2-6-10(7)24-17(27)13(21)14(22)18(24)28/h1-6H. The van der Waals surface area contributed by atoms with Crippen molar-refractivity contribution < 1.29 is 19.2 Å². The molecule has 2 aliphatic rings. The van der Waals surface area contributed by atoms with Crippen LogP contribution in [-0.4, -0.2) is 23.6 Å². The van der Waals surface area contributed by atoms with Gasteiger partial charge in [-0.15, -0.1) is 0 Å². The summed E-state index contributed by atoms with van der Waals surface area (Å²) in [6.07, 6.45) is 0. The predicted molar refractivity (Wildman–Crippen MR) is 106 cm³/mol. The first-order valence-electron chi connectivity index (χ1n) is 7.65. The van der Waals surface area contributed by atoms with Crippen LogP contribution >= 0.6 is 46.4 Å². The van der Waals surface area contributed by atoms with E-state index in [1.807, 2.05) is 0 Å². The highest BCUT2D eigenvalue weighted by Crippen LogP contribution is 2.40. The second kappa shape index (κ2) is 6.60. The van der Waals surface area contributed by atoms with Gasteiger partial charge in [0.15, 0.2) is 0 Å². The number of fused-ring (bicyclic) bond motifs is 1. The van der Waals surface area contributed by atoms with Crippen LogP contribution in [0.15, 0.2) is 56.5 Å². The van der Waals surface area contributed by atoms with E-state index in [2.05, 4.69) is 0 Å². The summed E-state index contributed by atoms with van der Waals surface area (Å²) in [5.74, 6) is -3.07. The lowest BCUT2D eigenvalue weighted by Gasteiger charge is -2.20. The number of benzene rings is 2. The van der Waals surface area contributed by atoms with E-state index >= 15 is 0 Å². The molecule has 4 rings (SSSR count). The topological polar surface area (TPSA) is 74.8 Å². The van der Waals surface area contributed by atoms with Crippen molar-refractivity contribution >= 4 is 92.2 Å². The van der Waals surface area contributed by atoms with Gasteiger partial charge >= 0.3 is 0 Å². The molecule has 2 heterocycles. The van der Waals surface area contributed by atoms with Crippen LogP contribution in [0.1, 0.15) is 0 Å². The zero-order chi connectivity index (χ0) is 20.3. The summed E-state index contributed by atoms with van der Waals surface area (Å²) in [5.41, 5.74) is 0.403. The fraction of sp³-hybridized carbons (Fsp3) is 0. The van der Waals surface area contributed by atoms with E-state index in [0.717, 1.165) is 9.80 Å². The zero-order valence-corrected chi connectivity index (χ0v) is 16.5. The van der Waals surface area contributed by atoms with Crippen molar-refractivity contribution in [2.75, 3.05) is 9.80 Å². The Morgan fingerprint density at radius 1 is 0.500 bits per heavy atom. The average molecular weight is 456 g/mol. The first-order valence-corrected chi connectivity index (χ1v) is 9.16. The van der Waals surface area contributed by atoms with Crippen LogP contribution in [0.2, 0.25) is 0 Å². The monoisotopic (exact) mass is 454 g/mol. The van der Waals surface area contributed by atoms with E-state index in [9.17, 15) is 19.2 Å². The third kappa shape index (κ3) is 2.49. The molecule has 0 radical (unpaired) electrons. The molecule has 2 aliphatic heterocycles. The molecule has 0 saturated heterocycles. The fourth-order valence-corrected chi connectivity index (χ4v) is 3.72. The Bertz CT molecular complexity index is 1060. The molecule has 6 nitrogen and oxygen atoms in total. The van der Waals surface area contributed by atoms with Crippen molar-refractivity contribution in [2.45, 2.75) is 0 Å². The first kappa shape index (κ1) is 19.0. The van der Waals surface area contributed by atoms with Crippen LogP contribution in [-0.2, 0) is 19.2 Å². The molecule has 0 atom stereocenters. The van der Waals surface area contributed by atoms with Gasteiger partial charge in [-0.2, -0.15) is 0 Å². The number of nitrogens with zero attached hydrogens (tertiary/aromatic N) is 2. The minimum Gasteiger partial charge on any atom is -0.267 e. The molecule has 2 aromatic carbocycles. The first-order chi connectivity index (χ1) is 13.3. The van der Waals surface area contributed by atoms with E-state index in [0.29, 0.717) is 10.8 Å². The molecular weight excluding hydrogens is 450 g/mol. The maximum Gasteiger partial charge on any atom is 0.278 e. The Morgan fingerprint density at radius 2 is 0.786 bits per heavy atom. The van der Waals surface area contributed by atoms with E-state index < -0.39 is 23.6 Å². The van der Waals surface area contributed by atoms with Crippen LogP contribution in [0.25, 0.3) is 10.8 Å². The van der Waals surface area contributed by atoms with Gasteiger partial charge in [0.1, 0.15) is 20.1 Å². The predicted octanol–water partition coefficient (Wildman–Crippen LogP) is 3.96. The lowest BCUT2D eigenvalue weighted by atomic mass is 10.1. The maximum absolute atomic E-state index is 12.4. The fourth-order valence-electron chi connectivity index (χ4n) is 3.06. The average Bonchev–Trinajstić information content (AvgIpc) is 3.00. The smallest absolute Gasteiger partial charge is 0.267 e. The molecule has 10 heteroatoms. The van der Waals surface area contributed by atoms with Gasteiger partial charge in [0.25, 0.3) is 23.6 Å². The highest BCUT2D eigenvalue weighted by molar-refractivity contribution is 6.63. The third-order valence-corrected chi connectivity index (χ3v) is 5.90. The van der Waals surface area contributed by atoms with Crippen LogP contribution in [0.5, 0.6) is 0 Å². The third-order valence-electron chi connectivity index (χ3n) is 4.31. The molecule has 28 heavy (non-hydrogen) atoms. The number of carbonyl (C=O) groups is 4. The number of hydrogen-bond donors (Lipinski definition) is 0. The molecule has 0 saturated carbocycles. The number of carbonyl (C=O) groups excluding carboxylic acids is 4. The molecule has 0 aliphatic carbocycles. The van der Waals surface area contributed by atoms with Crippen molar-refractivity contribution in [3.05, 3.63) is 56.5 Å². The van der Waals surface area contributed by atoms with Crippen molar-refractivity contribution in [1.82, 2.24) is 0 Å². The Kier molecular flexibility index (Phi) is 4.47. The molecular formula is C18H6Cl4N2O4. The maximum atomic E-state index is 12.4. The van der Waals surface area contributed by atoms with Gasteiger partial charge in [0, 0.05) is 10.8 Å². The van der Waals surface area contributed by atoms with E-state index in [1.54, 1.807) is 24.3 Å². The minimum absolute atomic E-state index is 0.201. The number of imide groups is 2. The van der Waals surface area contributed by atoms with Gasteiger partial charge in [0.05, 0.1) is 11.4 Å². The lowest BCUT2D eigenvalue weighted by Crippen LogP contribution is -2.32. The number of anilines is 2. The van der Waals surface area contributed by atoms with Crippen molar-refractivity contribution in [3.63, 3.8) is 0 Å². The highest BCUT2D eigenvalue weighted by atomic mass is 35.5. The molecule has 0 spiro atoms. The van der Waals surface area contributed by atoms with Crippen molar-refractivity contribution in [1.29, 1.82) is 0 Å². The Morgan fingerprint density at radius 3 is 1.07 bits per heavy atom. The summed E-state index contributed by atoms with van der Waals surface area (Å²) in [6.45, 7) is 0. The van der Waals surface area contributed by atoms with Gasteiger partial charge in [-0.1, -0.05) is 70.7 Å². The number of halogens is 4. The van der Waals surface area contributed by atoms with Crippen LogP contribution in [0.3, 0.4) is 0 Å². The number of amides is 4. The number of hydrogen-bond acceptors (Lipinski definition) is 4. The summed E-state index contributed by atoms with van der Waals surface area (Å²) in [5, 5.41) is -0.700. The normalized spacial score (nSPS) is 17.9. The van der Waals surface area contributed by atoms with Crippen molar-refractivity contribution in [3.8, 4) is 0 Å². The molecule has 0 fully saturated rings. The largest absolute Gasteiger partial charge is 0.278 e. The second-order valence-corrected chi connectivity index (χ2v) is 7.31. The van der Waals surface area contributed by atoms with E-state index in [4.69, 9.17) is 46.4 Å². The quantitative estimate of drug-likeness (QED) is 0.642. The van der Waals surface area contributed by atoms with Crippen molar-refractivity contribution in [2.24, 2.45) is 0 Å². The van der Waals surface area contributed by atoms with Crippen LogP contribution in [0, 0.1) is 0 Å². The van der Waals surface area contributed by atoms with Gasteiger partial charge < -0.3 is 0 Å². The SMILES string of the molecule is O=C1C(Cl)=C(Cl)C(=O)N1c1cccc2c(N3C(=O)C(Cl)=C(Cl)C3=O)cccc12. The number of rotatable bonds is 2. The summed E-state index contributed by atoms with van der Waals surface area (Å²) >= 11 is 23.2. The van der Waals surface area contributed by atoms with Crippen LogP contribution in [0.4, 0.5) is 11.4 Å². The molecule has 4 amide bonds. The zero-order valence-electron chi connectivity index (χ0n) is 13.5. The summed E-state index contributed by atoms with van der Waals surface area (Å²) in [4.78, 5) is 51.2. The van der Waals surface area contributed by atoms with Gasteiger partial charge in [-0.3, -0.25) is 19.2 Å². The van der Waals surface area contributed by atoms with Gasteiger partial charge in [0.2, 0.25) is 0 Å². The summed E-state index contributed by atoms with van der Waals surface area (Å²) in [6, 6.07) is 9.40. The highest BCUT2D eigenvalue weighted by Gasteiger charge is 2.40. The molecule has 2 aromatic rings. The molecule has 0 N–H and O–H groups in total. The Labute approximate surface area is 177 Å². The summed E-state index contributed by atoms with van der Waals surface area (Å²) in [7, 11) is 0. The molecule has 140 valence electrons. The minimum atomic E-state index is -0.768. The lowest BCUT2D eigenvalue weighted by molar-refractivity contribution is -0.121. The molecule has 0 unspecified atom stereocenters.